The van der Waals surface area contributed by atoms with Gasteiger partial charge in [0, 0.05) is 17.2 Å². The summed E-state index contributed by atoms with van der Waals surface area (Å²) in [6.07, 6.45) is 0. The van der Waals surface area contributed by atoms with Crippen molar-refractivity contribution >= 4 is 23.0 Å². The molecule has 0 saturated heterocycles. The van der Waals surface area contributed by atoms with E-state index in [1.807, 2.05) is 60.7 Å². The van der Waals surface area contributed by atoms with Gasteiger partial charge in [-0.25, -0.2) is 0 Å². The molecule has 26 heavy (non-hydrogen) atoms. The fraction of sp³-hybridized carbons (Fsp3) is 0.0500. The minimum Gasteiger partial charge on any atom is -0.267 e. The largest absolute Gasteiger partial charge is 0.273 e. The smallest absolute Gasteiger partial charge is 0.267 e. The number of nitrogens with zero attached hydrogens (tertiary/aromatic N) is 2. The van der Waals surface area contributed by atoms with Crippen LogP contribution in [0.3, 0.4) is 0 Å². The van der Waals surface area contributed by atoms with E-state index in [1.54, 1.807) is 24.1 Å². The van der Waals surface area contributed by atoms with E-state index in [0.717, 1.165) is 11.4 Å². The Bertz CT molecular complexity index is 888. The number of carbonyl (C=O) groups is 1. The molecule has 1 N–H and O–H groups in total. The average Bonchev–Trinajstić information content (AvgIpc) is 2.67. The zero-order chi connectivity index (χ0) is 18.5. The highest BCUT2D eigenvalue weighted by Crippen LogP contribution is 2.24. The molecule has 0 fully saturated rings. The molecule has 0 aliphatic carbocycles. The lowest BCUT2D eigenvalue weighted by Gasteiger charge is -2.25. The maximum Gasteiger partial charge on any atom is 0.273 e. The standard InChI is InChI=1S/C20H17N3O3/c1-15-12-13-16(14-19(15)23(25)26)20(24)21-22(17-8-4-2-5-9-17)18-10-6-3-7-11-18/h2-14H,1H3,(H,21,24). The van der Waals surface area contributed by atoms with Crippen molar-refractivity contribution in [2.45, 2.75) is 6.92 Å². The predicted molar refractivity (Wildman–Crippen MR) is 100 cm³/mol. The number of aryl methyl sites for hydroxylation is 1. The number of nitro benzene ring substituents is 1. The van der Waals surface area contributed by atoms with Crippen molar-refractivity contribution in [1.29, 1.82) is 0 Å². The maximum atomic E-state index is 12.7. The van der Waals surface area contributed by atoms with E-state index in [9.17, 15) is 14.9 Å². The number of anilines is 2. The van der Waals surface area contributed by atoms with Gasteiger partial charge >= 0.3 is 0 Å². The number of carbonyl (C=O) groups excluding carboxylic acids is 1. The van der Waals surface area contributed by atoms with Gasteiger partial charge in [-0.3, -0.25) is 25.3 Å². The van der Waals surface area contributed by atoms with E-state index < -0.39 is 10.8 Å². The summed E-state index contributed by atoms with van der Waals surface area (Å²) >= 11 is 0. The van der Waals surface area contributed by atoms with Crippen LogP contribution in [0.25, 0.3) is 0 Å². The number of hydrazine groups is 1. The second-order valence-corrected chi connectivity index (χ2v) is 5.71. The lowest BCUT2D eigenvalue weighted by molar-refractivity contribution is -0.385. The van der Waals surface area contributed by atoms with Crippen molar-refractivity contribution in [3.05, 3.63) is 100 Å². The van der Waals surface area contributed by atoms with Crippen LogP contribution in [0, 0.1) is 17.0 Å². The molecular formula is C20H17N3O3. The molecule has 0 radical (unpaired) electrons. The number of nitro groups is 1. The summed E-state index contributed by atoms with van der Waals surface area (Å²) in [7, 11) is 0. The first-order valence-corrected chi connectivity index (χ1v) is 8.02. The predicted octanol–water partition coefficient (Wildman–Crippen LogP) is 4.39. The fourth-order valence-corrected chi connectivity index (χ4v) is 2.55. The number of para-hydroxylation sites is 2. The Morgan fingerprint density at radius 2 is 1.46 bits per heavy atom. The highest BCUT2D eigenvalue weighted by atomic mass is 16.6. The molecule has 0 unspecified atom stereocenters. The molecule has 0 atom stereocenters. The summed E-state index contributed by atoms with van der Waals surface area (Å²) in [5.41, 5.74) is 5.02. The van der Waals surface area contributed by atoms with E-state index in [1.165, 1.54) is 6.07 Å². The van der Waals surface area contributed by atoms with Gasteiger partial charge in [0.1, 0.15) is 0 Å². The molecule has 6 nitrogen and oxygen atoms in total. The second kappa shape index (κ2) is 7.48. The minimum atomic E-state index is -0.488. The lowest BCUT2D eigenvalue weighted by Crippen LogP contribution is -2.38. The summed E-state index contributed by atoms with van der Waals surface area (Å²) < 4.78 is 0. The van der Waals surface area contributed by atoms with Gasteiger partial charge in [0.15, 0.2) is 0 Å². The number of hydrogen-bond acceptors (Lipinski definition) is 4. The van der Waals surface area contributed by atoms with Gasteiger partial charge in [-0.05, 0) is 37.3 Å². The van der Waals surface area contributed by atoms with Crippen LogP contribution in [-0.4, -0.2) is 10.8 Å². The van der Waals surface area contributed by atoms with E-state index in [0.29, 0.717) is 5.56 Å². The van der Waals surface area contributed by atoms with Gasteiger partial charge in [-0.2, -0.15) is 0 Å². The summed E-state index contributed by atoms with van der Waals surface area (Å²) in [6.45, 7) is 1.64. The highest BCUT2D eigenvalue weighted by molar-refractivity contribution is 5.96. The molecule has 0 heterocycles. The van der Waals surface area contributed by atoms with Gasteiger partial charge in [0.25, 0.3) is 11.6 Å². The van der Waals surface area contributed by atoms with Gasteiger partial charge < -0.3 is 0 Å². The molecule has 1 amide bonds. The van der Waals surface area contributed by atoms with E-state index >= 15 is 0 Å². The zero-order valence-corrected chi connectivity index (χ0v) is 14.1. The van der Waals surface area contributed by atoms with Crippen molar-refractivity contribution in [3.8, 4) is 0 Å². The normalized spacial score (nSPS) is 10.2. The SMILES string of the molecule is Cc1ccc(C(=O)NN(c2ccccc2)c2ccccc2)cc1[N+](=O)[O-]. The second-order valence-electron chi connectivity index (χ2n) is 5.71. The van der Waals surface area contributed by atoms with Crippen LogP contribution in [0.4, 0.5) is 17.1 Å². The Labute approximate surface area is 150 Å². The van der Waals surface area contributed by atoms with Crippen molar-refractivity contribution < 1.29 is 9.72 Å². The third-order valence-corrected chi connectivity index (χ3v) is 3.91. The lowest BCUT2D eigenvalue weighted by atomic mass is 10.1. The van der Waals surface area contributed by atoms with E-state index in [2.05, 4.69) is 5.43 Å². The van der Waals surface area contributed by atoms with Crippen LogP contribution in [-0.2, 0) is 0 Å². The van der Waals surface area contributed by atoms with Crippen molar-refractivity contribution in [3.63, 3.8) is 0 Å². The van der Waals surface area contributed by atoms with Crippen molar-refractivity contribution in [2.75, 3.05) is 5.01 Å². The molecule has 3 aromatic carbocycles. The van der Waals surface area contributed by atoms with Gasteiger partial charge in [-0.1, -0.05) is 42.5 Å². The third kappa shape index (κ3) is 3.70. The Morgan fingerprint density at radius 1 is 0.923 bits per heavy atom. The molecule has 0 bridgehead atoms. The molecule has 0 aliphatic heterocycles. The van der Waals surface area contributed by atoms with Gasteiger partial charge in [0.2, 0.25) is 0 Å². The van der Waals surface area contributed by atoms with Crippen LogP contribution < -0.4 is 10.4 Å². The summed E-state index contributed by atoms with van der Waals surface area (Å²) in [6, 6.07) is 23.2. The minimum absolute atomic E-state index is 0.0800. The maximum absolute atomic E-state index is 12.7. The Kier molecular flexibility index (Phi) is 4.94. The molecule has 3 aromatic rings. The quantitative estimate of drug-likeness (QED) is 0.549. The van der Waals surface area contributed by atoms with Crippen LogP contribution in [0.2, 0.25) is 0 Å². The molecule has 0 aromatic heterocycles. The van der Waals surface area contributed by atoms with Crippen LogP contribution in [0.5, 0.6) is 0 Å². The summed E-state index contributed by atoms with van der Waals surface area (Å²) in [5, 5.41) is 12.8. The molecule has 3 rings (SSSR count). The number of benzene rings is 3. The number of nitrogens with one attached hydrogen (secondary N) is 1. The first kappa shape index (κ1) is 17.2. The molecule has 0 saturated carbocycles. The first-order valence-electron chi connectivity index (χ1n) is 8.02. The Hall–Kier alpha value is -3.67. The average molecular weight is 347 g/mol. The van der Waals surface area contributed by atoms with E-state index in [4.69, 9.17) is 0 Å². The molecule has 0 aliphatic rings. The first-order chi connectivity index (χ1) is 12.6. The number of amides is 1. The molecular weight excluding hydrogens is 330 g/mol. The third-order valence-electron chi connectivity index (χ3n) is 3.91. The van der Waals surface area contributed by atoms with Crippen LogP contribution in [0.15, 0.2) is 78.9 Å². The monoisotopic (exact) mass is 347 g/mol. The molecule has 0 spiro atoms. The fourth-order valence-electron chi connectivity index (χ4n) is 2.55. The highest BCUT2D eigenvalue weighted by Gasteiger charge is 2.18. The van der Waals surface area contributed by atoms with Crippen molar-refractivity contribution in [1.82, 2.24) is 5.43 Å². The Balaban J connectivity index is 1.94. The summed E-state index contributed by atoms with van der Waals surface area (Å²) in [4.78, 5) is 23.3. The van der Waals surface area contributed by atoms with Gasteiger partial charge in [-0.15, -0.1) is 0 Å². The zero-order valence-electron chi connectivity index (χ0n) is 14.1. The van der Waals surface area contributed by atoms with Gasteiger partial charge in [0.05, 0.1) is 16.3 Å². The number of hydrogen-bond donors (Lipinski definition) is 1. The van der Waals surface area contributed by atoms with Crippen LogP contribution >= 0.6 is 0 Å². The van der Waals surface area contributed by atoms with Crippen molar-refractivity contribution in [2.24, 2.45) is 0 Å². The molecule has 130 valence electrons. The molecule has 6 heteroatoms. The van der Waals surface area contributed by atoms with E-state index in [-0.39, 0.29) is 11.3 Å². The Morgan fingerprint density at radius 3 is 1.96 bits per heavy atom. The topological polar surface area (TPSA) is 75.5 Å². The summed E-state index contributed by atoms with van der Waals surface area (Å²) in [5.74, 6) is -0.430. The number of rotatable bonds is 5. The van der Waals surface area contributed by atoms with Crippen LogP contribution in [0.1, 0.15) is 15.9 Å².